The molecule has 0 aromatic carbocycles. The van der Waals surface area contributed by atoms with Gasteiger partial charge < -0.3 is 5.32 Å². The molecule has 1 amide bonds. The Hall–Kier alpha value is -2.31. The molecule has 7 nitrogen and oxygen atoms in total. The van der Waals surface area contributed by atoms with Crippen LogP contribution in [0, 0.1) is 0 Å². The summed E-state index contributed by atoms with van der Waals surface area (Å²) in [6, 6.07) is -0.331. The van der Waals surface area contributed by atoms with Gasteiger partial charge in [-0.2, -0.15) is 5.21 Å². The van der Waals surface area contributed by atoms with Crippen LogP contribution in [0.5, 0.6) is 0 Å². The molecule has 1 aliphatic rings. The highest BCUT2D eigenvalue weighted by molar-refractivity contribution is 6.01. The number of nitrogens with zero attached hydrogens (tertiary/aromatic N) is 4. The average Bonchev–Trinajstić information content (AvgIpc) is 2.96. The van der Waals surface area contributed by atoms with E-state index in [2.05, 4.69) is 43.6 Å². The molecule has 1 atom stereocenters. The number of aliphatic imine (C=N–C) groups is 1. The minimum Gasteiger partial charge on any atom is -0.347 e. The number of nitrogens with one attached hydrogen (secondary N) is 2. The molecule has 1 unspecified atom stereocenters. The van der Waals surface area contributed by atoms with E-state index < -0.39 is 0 Å². The lowest BCUT2D eigenvalue weighted by atomic mass is 9.96. The van der Waals surface area contributed by atoms with Gasteiger partial charge in [-0.15, -0.1) is 16.8 Å². The lowest BCUT2D eigenvalue weighted by Crippen LogP contribution is -2.35. The fourth-order valence-electron chi connectivity index (χ4n) is 2.06. The van der Waals surface area contributed by atoms with E-state index in [0.717, 1.165) is 25.0 Å². The van der Waals surface area contributed by atoms with Crippen molar-refractivity contribution < 1.29 is 4.79 Å². The van der Waals surface area contributed by atoms with Gasteiger partial charge in [-0.1, -0.05) is 17.4 Å². The Kier molecular flexibility index (Phi) is 4.75. The van der Waals surface area contributed by atoms with Crippen molar-refractivity contribution in [1.29, 1.82) is 0 Å². The molecule has 1 aliphatic heterocycles. The first-order valence-corrected chi connectivity index (χ1v) is 6.55. The van der Waals surface area contributed by atoms with E-state index in [0.29, 0.717) is 5.82 Å². The number of allylic oxidation sites excluding steroid dienone is 3. The van der Waals surface area contributed by atoms with E-state index >= 15 is 0 Å². The lowest BCUT2D eigenvalue weighted by Gasteiger charge is -2.20. The number of aromatic amines is 1. The lowest BCUT2D eigenvalue weighted by molar-refractivity contribution is -0.122. The molecule has 0 saturated heterocycles. The summed E-state index contributed by atoms with van der Waals surface area (Å²) in [6.45, 7) is 5.90. The van der Waals surface area contributed by atoms with Gasteiger partial charge in [-0.05, 0) is 31.8 Å². The van der Waals surface area contributed by atoms with E-state index in [-0.39, 0.29) is 18.5 Å². The van der Waals surface area contributed by atoms with E-state index in [1.807, 2.05) is 13.0 Å². The molecule has 1 aromatic heterocycles. The van der Waals surface area contributed by atoms with Crippen molar-refractivity contribution in [3.8, 4) is 0 Å². The first-order valence-electron chi connectivity index (χ1n) is 6.55. The monoisotopic (exact) mass is 274 g/mol. The molecular weight excluding hydrogens is 256 g/mol. The van der Waals surface area contributed by atoms with Crippen LogP contribution in [0.1, 0.15) is 32.0 Å². The third-order valence-corrected chi connectivity index (χ3v) is 3.14. The SMILES string of the molecule is C=CC/C=C1/CCC(C(=O)NCc2nn[nH]n2)N=C1C. The second kappa shape index (κ2) is 6.74. The predicted molar refractivity (Wildman–Crippen MR) is 75.1 cm³/mol. The first-order chi connectivity index (χ1) is 9.70. The number of rotatable bonds is 5. The van der Waals surface area contributed by atoms with Gasteiger partial charge in [0.05, 0.1) is 6.54 Å². The molecule has 0 saturated carbocycles. The van der Waals surface area contributed by atoms with Crippen LogP contribution in [0.2, 0.25) is 0 Å². The first kappa shape index (κ1) is 14.1. The Morgan fingerprint density at radius 2 is 2.45 bits per heavy atom. The van der Waals surface area contributed by atoms with Gasteiger partial charge in [-0.3, -0.25) is 9.79 Å². The van der Waals surface area contributed by atoms with E-state index in [9.17, 15) is 4.79 Å². The number of carbonyl (C=O) groups excluding carboxylic acids is 1. The Labute approximate surface area is 117 Å². The maximum atomic E-state index is 12.0. The van der Waals surface area contributed by atoms with Crippen LogP contribution in [0.3, 0.4) is 0 Å². The summed E-state index contributed by atoms with van der Waals surface area (Å²) in [5.74, 6) is 0.360. The highest BCUT2D eigenvalue weighted by Crippen LogP contribution is 2.19. The molecule has 2 rings (SSSR count). The van der Waals surface area contributed by atoms with Crippen molar-refractivity contribution in [2.24, 2.45) is 4.99 Å². The smallest absolute Gasteiger partial charge is 0.245 e. The van der Waals surface area contributed by atoms with Crippen molar-refractivity contribution >= 4 is 11.6 Å². The molecule has 106 valence electrons. The molecule has 0 bridgehead atoms. The minimum absolute atomic E-state index is 0.100. The summed E-state index contributed by atoms with van der Waals surface area (Å²) in [5.41, 5.74) is 2.13. The van der Waals surface area contributed by atoms with Gasteiger partial charge in [0, 0.05) is 5.71 Å². The Morgan fingerprint density at radius 3 is 3.10 bits per heavy atom. The predicted octanol–water partition coefficient (Wildman–Crippen LogP) is 0.942. The van der Waals surface area contributed by atoms with Crippen LogP contribution < -0.4 is 5.32 Å². The Morgan fingerprint density at radius 1 is 1.60 bits per heavy atom. The van der Waals surface area contributed by atoms with Gasteiger partial charge in [0.25, 0.3) is 0 Å². The molecule has 0 fully saturated rings. The van der Waals surface area contributed by atoms with Crippen LogP contribution in [0.15, 0.2) is 29.3 Å². The zero-order valence-electron chi connectivity index (χ0n) is 11.5. The second-order valence-electron chi connectivity index (χ2n) is 4.57. The molecular formula is C13H18N6O. The van der Waals surface area contributed by atoms with Gasteiger partial charge in [0.1, 0.15) is 6.04 Å². The minimum atomic E-state index is -0.331. The van der Waals surface area contributed by atoms with Gasteiger partial charge in [-0.25, -0.2) is 0 Å². The molecule has 1 aromatic rings. The third kappa shape index (κ3) is 3.59. The van der Waals surface area contributed by atoms with Crippen LogP contribution in [0.25, 0.3) is 0 Å². The molecule has 7 heteroatoms. The zero-order chi connectivity index (χ0) is 14.4. The number of hydrogen-bond donors (Lipinski definition) is 2. The standard InChI is InChI=1S/C13H18N6O/c1-3-4-5-10-6-7-11(15-9(10)2)13(20)14-8-12-16-18-19-17-12/h3,5,11H,1,4,6-8H2,2H3,(H,14,20)(H,16,17,18,19)/b10-5-. The highest BCUT2D eigenvalue weighted by atomic mass is 16.2. The fourth-order valence-corrected chi connectivity index (χ4v) is 2.06. The summed E-state index contributed by atoms with van der Waals surface area (Å²) in [5, 5.41) is 16.1. The highest BCUT2D eigenvalue weighted by Gasteiger charge is 2.22. The van der Waals surface area contributed by atoms with Gasteiger partial charge >= 0.3 is 0 Å². The molecule has 20 heavy (non-hydrogen) atoms. The maximum Gasteiger partial charge on any atom is 0.245 e. The summed E-state index contributed by atoms with van der Waals surface area (Å²) in [6.07, 6.45) is 6.38. The summed E-state index contributed by atoms with van der Waals surface area (Å²) in [7, 11) is 0. The number of tetrazole rings is 1. The van der Waals surface area contributed by atoms with E-state index in [1.165, 1.54) is 5.57 Å². The van der Waals surface area contributed by atoms with E-state index in [1.54, 1.807) is 0 Å². The Balaban J connectivity index is 1.92. The van der Waals surface area contributed by atoms with Crippen molar-refractivity contribution in [2.75, 3.05) is 0 Å². The molecule has 0 spiro atoms. The average molecular weight is 274 g/mol. The summed E-state index contributed by atoms with van der Waals surface area (Å²) in [4.78, 5) is 16.5. The number of hydrogen-bond acceptors (Lipinski definition) is 5. The largest absolute Gasteiger partial charge is 0.347 e. The van der Waals surface area contributed by atoms with E-state index in [4.69, 9.17) is 0 Å². The van der Waals surface area contributed by atoms with Crippen LogP contribution in [0.4, 0.5) is 0 Å². The van der Waals surface area contributed by atoms with Crippen molar-refractivity contribution in [2.45, 2.75) is 38.8 Å². The summed E-state index contributed by atoms with van der Waals surface area (Å²) >= 11 is 0. The molecule has 0 radical (unpaired) electrons. The van der Waals surface area contributed by atoms with Crippen molar-refractivity contribution in [3.05, 3.63) is 30.1 Å². The van der Waals surface area contributed by atoms with Gasteiger partial charge in [0.15, 0.2) is 5.82 Å². The van der Waals surface area contributed by atoms with Gasteiger partial charge in [0.2, 0.25) is 5.91 Å². The quantitative estimate of drug-likeness (QED) is 0.781. The van der Waals surface area contributed by atoms with Crippen LogP contribution in [-0.4, -0.2) is 38.3 Å². The third-order valence-electron chi connectivity index (χ3n) is 3.14. The molecule has 2 N–H and O–H groups in total. The van der Waals surface area contributed by atoms with Crippen molar-refractivity contribution in [1.82, 2.24) is 25.9 Å². The molecule has 2 heterocycles. The maximum absolute atomic E-state index is 12.0. The molecule has 0 aliphatic carbocycles. The topological polar surface area (TPSA) is 95.9 Å². The van der Waals surface area contributed by atoms with Crippen LogP contribution in [-0.2, 0) is 11.3 Å². The number of H-pyrrole nitrogens is 1. The fraction of sp³-hybridized carbons (Fsp3) is 0.462. The Bertz CT molecular complexity index is 531. The van der Waals surface area contributed by atoms with Crippen molar-refractivity contribution in [3.63, 3.8) is 0 Å². The zero-order valence-corrected chi connectivity index (χ0v) is 11.5. The number of amides is 1. The van der Waals surface area contributed by atoms with Crippen LogP contribution >= 0.6 is 0 Å². The number of carbonyl (C=O) groups is 1. The normalized spacial score (nSPS) is 20.6. The summed E-state index contributed by atoms with van der Waals surface area (Å²) < 4.78 is 0. The second-order valence-corrected chi connectivity index (χ2v) is 4.57. The number of aromatic nitrogens is 4.